The summed E-state index contributed by atoms with van der Waals surface area (Å²) in [6.45, 7) is 1.46. The second-order valence-electron chi connectivity index (χ2n) is 6.24. The van der Waals surface area contributed by atoms with Gasteiger partial charge < -0.3 is 14.5 Å². The van der Waals surface area contributed by atoms with Gasteiger partial charge in [-0.15, -0.1) is 0 Å². The summed E-state index contributed by atoms with van der Waals surface area (Å²) < 4.78 is 5.61. The SMILES string of the molecule is CN(C)C1CCc2ccccc2N(C(=O)[C@H]2CCCO2)C1. The molecule has 0 bridgehead atoms. The number of amides is 1. The fraction of sp³-hybridized carbons (Fsp3) is 0.588. The van der Waals surface area contributed by atoms with Gasteiger partial charge in [0.1, 0.15) is 6.10 Å². The third kappa shape index (κ3) is 2.97. The largest absolute Gasteiger partial charge is 0.368 e. The lowest BCUT2D eigenvalue weighted by Crippen LogP contribution is -2.46. The monoisotopic (exact) mass is 288 g/mol. The standard InChI is InChI=1S/C17H24N2O2/c1-18(2)14-10-9-13-6-3-4-7-15(13)19(12-14)17(20)16-8-5-11-21-16/h3-4,6-7,14,16H,5,8-12H2,1-2H3/t14?,16-/m1/s1. The normalized spacial score (nSPS) is 25.8. The van der Waals surface area contributed by atoms with E-state index >= 15 is 0 Å². The Balaban J connectivity index is 1.91. The van der Waals surface area contributed by atoms with Crippen LogP contribution in [0.4, 0.5) is 5.69 Å². The molecule has 1 amide bonds. The van der Waals surface area contributed by atoms with Crippen LogP contribution < -0.4 is 4.90 Å². The molecule has 1 aromatic carbocycles. The van der Waals surface area contributed by atoms with Crippen LogP contribution in [-0.4, -0.2) is 50.2 Å². The lowest BCUT2D eigenvalue weighted by atomic mass is 10.1. The van der Waals surface area contributed by atoms with Crippen molar-refractivity contribution in [1.29, 1.82) is 0 Å². The molecule has 4 heteroatoms. The zero-order valence-corrected chi connectivity index (χ0v) is 12.9. The number of hydrogen-bond donors (Lipinski definition) is 0. The van der Waals surface area contributed by atoms with Crippen molar-refractivity contribution < 1.29 is 9.53 Å². The Morgan fingerprint density at radius 1 is 1.29 bits per heavy atom. The average Bonchev–Trinajstić information content (AvgIpc) is 2.94. The van der Waals surface area contributed by atoms with E-state index < -0.39 is 0 Å². The number of nitrogens with zero attached hydrogens (tertiary/aromatic N) is 2. The summed E-state index contributed by atoms with van der Waals surface area (Å²) in [4.78, 5) is 17.1. The van der Waals surface area contributed by atoms with Crippen molar-refractivity contribution in [3.63, 3.8) is 0 Å². The molecule has 1 saturated heterocycles. The Morgan fingerprint density at radius 3 is 2.81 bits per heavy atom. The third-order valence-corrected chi connectivity index (χ3v) is 4.62. The molecule has 0 radical (unpaired) electrons. The summed E-state index contributed by atoms with van der Waals surface area (Å²) >= 11 is 0. The third-order valence-electron chi connectivity index (χ3n) is 4.62. The Labute approximate surface area is 126 Å². The molecule has 4 nitrogen and oxygen atoms in total. The Morgan fingerprint density at radius 2 is 2.10 bits per heavy atom. The molecule has 0 saturated carbocycles. The molecule has 0 aromatic heterocycles. The second kappa shape index (κ2) is 6.16. The zero-order chi connectivity index (χ0) is 14.8. The molecule has 1 fully saturated rings. The number of likely N-dealkylation sites (N-methyl/N-ethyl adjacent to an activating group) is 1. The van der Waals surface area contributed by atoms with Gasteiger partial charge >= 0.3 is 0 Å². The van der Waals surface area contributed by atoms with E-state index in [0.29, 0.717) is 12.6 Å². The zero-order valence-electron chi connectivity index (χ0n) is 12.9. The van der Waals surface area contributed by atoms with Crippen molar-refractivity contribution in [2.75, 3.05) is 32.1 Å². The Hall–Kier alpha value is -1.39. The number of ether oxygens (including phenoxy) is 1. The number of benzene rings is 1. The summed E-state index contributed by atoms with van der Waals surface area (Å²) in [5, 5.41) is 0. The highest BCUT2D eigenvalue weighted by Gasteiger charge is 2.33. The molecule has 2 aliphatic heterocycles. The van der Waals surface area contributed by atoms with Crippen molar-refractivity contribution in [2.45, 2.75) is 37.8 Å². The minimum absolute atomic E-state index is 0.133. The van der Waals surface area contributed by atoms with Crippen molar-refractivity contribution in [2.24, 2.45) is 0 Å². The first-order valence-electron chi connectivity index (χ1n) is 7.84. The van der Waals surface area contributed by atoms with Crippen molar-refractivity contribution in [1.82, 2.24) is 4.90 Å². The summed E-state index contributed by atoms with van der Waals surface area (Å²) in [6.07, 6.45) is 3.69. The Kier molecular flexibility index (Phi) is 4.27. The summed E-state index contributed by atoms with van der Waals surface area (Å²) in [7, 11) is 4.19. The molecule has 1 aromatic rings. The molecular weight excluding hydrogens is 264 g/mol. The molecule has 114 valence electrons. The van der Waals surface area contributed by atoms with Gasteiger partial charge in [0.15, 0.2) is 0 Å². The van der Waals surface area contributed by atoms with Gasteiger partial charge in [-0.3, -0.25) is 4.79 Å². The van der Waals surface area contributed by atoms with Crippen LogP contribution in [0.2, 0.25) is 0 Å². The molecule has 2 heterocycles. The van der Waals surface area contributed by atoms with Crippen LogP contribution in [0.25, 0.3) is 0 Å². The summed E-state index contributed by atoms with van der Waals surface area (Å²) in [6, 6.07) is 8.68. The molecule has 2 atom stereocenters. The van der Waals surface area contributed by atoms with Crippen LogP contribution >= 0.6 is 0 Å². The van der Waals surface area contributed by atoms with Crippen LogP contribution in [0, 0.1) is 0 Å². The number of aryl methyl sites for hydroxylation is 1. The first-order valence-corrected chi connectivity index (χ1v) is 7.84. The van der Waals surface area contributed by atoms with Gasteiger partial charge in [0.2, 0.25) is 0 Å². The van der Waals surface area contributed by atoms with E-state index in [9.17, 15) is 4.79 Å². The van der Waals surface area contributed by atoms with E-state index in [4.69, 9.17) is 4.74 Å². The lowest BCUT2D eigenvalue weighted by Gasteiger charge is -2.30. The van der Waals surface area contributed by atoms with Gasteiger partial charge in [-0.2, -0.15) is 0 Å². The van der Waals surface area contributed by atoms with E-state index in [-0.39, 0.29) is 12.0 Å². The summed E-state index contributed by atoms with van der Waals surface area (Å²) in [5.74, 6) is 0.133. The number of anilines is 1. The van der Waals surface area contributed by atoms with Crippen molar-refractivity contribution in [3.05, 3.63) is 29.8 Å². The van der Waals surface area contributed by atoms with Crippen LogP contribution in [0.3, 0.4) is 0 Å². The fourth-order valence-corrected chi connectivity index (χ4v) is 3.28. The molecule has 3 rings (SSSR count). The maximum atomic E-state index is 12.9. The number of carbonyl (C=O) groups is 1. The van der Waals surface area contributed by atoms with E-state index in [1.54, 1.807) is 0 Å². The van der Waals surface area contributed by atoms with E-state index in [1.807, 2.05) is 11.0 Å². The predicted octanol–water partition coefficient (Wildman–Crippen LogP) is 2.08. The first-order chi connectivity index (χ1) is 10.2. The molecular formula is C17H24N2O2. The molecule has 2 aliphatic rings. The second-order valence-corrected chi connectivity index (χ2v) is 6.24. The number of hydrogen-bond acceptors (Lipinski definition) is 3. The fourth-order valence-electron chi connectivity index (χ4n) is 3.28. The van der Waals surface area contributed by atoms with Crippen molar-refractivity contribution >= 4 is 11.6 Å². The maximum absolute atomic E-state index is 12.9. The van der Waals surface area contributed by atoms with Gasteiger partial charge in [0.05, 0.1) is 0 Å². The Bertz CT molecular complexity index is 509. The van der Waals surface area contributed by atoms with Gasteiger partial charge in [0, 0.05) is 24.9 Å². The van der Waals surface area contributed by atoms with Crippen LogP contribution in [0.15, 0.2) is 24.3 Å². The van der Waals surface area contributed by atoms with E-state index in [2.05, 4.69) is 37.2 Å². The lowest BCUT2D eigenvalue weighted by molar-refractivity contribution is -0.127. The number of carbonyl (C=O) groups excluding carboxylic acids is 1. The number of rotatable bonds is 2. The summed E-state index contributed by atoms with van der Waals surface area (Å²) in [5.41, 5.74) is 2.34. The van der Waals surface area contributed by atoms with Crippen molar-refractivity contribution in [3.8, 4) is 0 Å². The molecule has 0 spiro atoms. The maximum Gasteiger partial charge on any atom is 0.256 e. The first kappa shape index (κ1) is 14.5. The molecule has 0 N–H and O–H groups in total. The predicted molar refractivity (Wildman–Crippen MR) is 83.6 cm³/mol. The number of para-hydroxylation sites is 1. The molecule has 1 unspecified atom stereocenters. The van der Waals surface area contributed by atoms with Gasteiger partial charge in [-0.1, -0.05) is 18.2 Å². The average molecular weight is 288 g/mol. The van der Waals surface area contributed by atoms with Gasteiger partial charge in [-0.05, 0) is 51.4 Å². The topological polar surface area (TPSA) is 32.8 Å². The minimum atomic E-state index is -0.251. The van der Waals surface area contributed by atoms with E-state index in [1.165, 1.54) is 5.56 Å². The van der Waals surface area contributed by atoms with Gasteiger partial charge in [-0.25, -0.2) is 0 Å². The quantitative estimate of drug-likeness (QED) is 0.835. The van der Waals surface area contributed by atoms with Crippen LogP contribution in [-0.2, 0) is 16.0 Å². The molecule has 21 heavy (non-hydrogen) atoms. The highest BCUT2D eigenvalue weighted by molar-refractivity contribution is 5.97. The minimum Gasteiger partial charge on any atom is -0.368 e. The van der Waals surface area contributed by atoms with E-state index in [0.717, 1.165) is 37.9 Å². The van der Waals surface area contributed by atoms with Gasteiger partial charge in [0.25, 0.3) is 5.91 Å². The highest BCUT2D eigenvalue weighted by atomic mass is 16.5. The molecule has 0 aliphatic carbocycles. The highest BCUT2D eigenvalue weighted by Crippen LogP contribution is 2.29. The van der Waals surface area contributed by atoms with Crippen LogP contribution in [0.5, 0.6) is 0 Å². The van der Waals surface area contributed by atoms with Crippen LogP contribution in [0.1, 0.15) is 24.8 Å². The smallest absolute Gasteiger partial charge is 0.256 e. The number of fused-ring (bicyclic) bond motifs is 1.